The predicted molar refractivity (Wildman–Crippen MR) is 72.2 cm³/mol. The van der Waals surface area contributed by atoms with Crippen LogP contribution in [0.2, 0.25) is 0 Å². The fraction of sp³-hybridized carbons (Fsp3) is 0.500. The van der Waals surface area contributed by atoms with Crippen LogP contribution in [0.5, 0.6) is 5.75 Å². The summed E-state index contributed by atoms with van der Waals surface area (Å²) in [5.74, 6) is -0.241. The predicted octanol–water partition coefficient (Wildman–Crippen LogP) is 1.40. The Balaban J connectivity index is 2.63. The molecule has 0 bridgehead atoms. The van der Waals surface area contributed by atoms with Gasteiger partial charge in [-0.3, -0.25) is 4.79 Å². The van der Waals surface area contributed by atoms with Crippen molar-refractivity contribution in [3.05, 3.63) is 29.8 Å². The van der Waals surface area contributed by atoms with E-state index in [4.69, 9.17) is 14.9 Å². The molecule has 1 rings (SSSR count). The second-order valence-corrected chi connectivity index (χ2v) is 4.82. The van der Waals surface area contributed by atoms with Gasteiger partial charge < -0.3 is 20.3 Å². The number of aliphatic hydroxyl groups is 1. The highest BCUT2D eigenvalue weighted by Crippen LogP contribution is 2.19. The minimum absolute atomic E-state index is 0.00727. The fourth-order valence-corrected chi connectivity index (χ4v) is 1.82. The highest BCUT2D eigenvalue weighted by molar-refractivity contribution is 5.78. The second-order valence-electron chi connectivity index (χ2n) is 4.82. The number of nitrogens with one attached hydrogen (secondary N) is 1. The van der Waals surface area contributed by atoms with E-state index in [-0.39, 0.29) is 12.7 Å². The van der Waals surface area contributed by atoms with Crippen LogP contribution >= 0.6 is 0 Å². The van der Waals surface area contributed by atoms with Crippen LogP contribution in [-0.4, -0.2) is 34.9 Å². The number of ether oxygens (including phenoxy) is 1. The number of aliphatic hydroxyl groups excluding tert-OH is 1. The van der Waals surface area contributed by atoms with Crippen LogP contribution in [-0.2, 0) is 11.4 Å². The average Bonchev–Trinajstić information content (AvgIpc) is 2.39. The molecule has 0 saturated carbocycles. The number of benzene rings is 1. The van der Waals surface area contributed by atoms with Gasteiger partial charge >= 0.3 is 5.97 Å². The number of likely N-dealkylation sites (N-methyl/N-ethyl adjacent to an activating group) is 1. The molecule has 5 nitrogen and oxygen atoms in total. The molecule has 2 atom stereocenters. The zero-order chi connectivity index (χ0) is 14.5. The van der Waals surface area contributed by atoms with Crippen molar-refractivity contribution in [3.63, 3.8) is 0 Å². The van der Waals surface area contributed by atoms with Gasteiger partial charge in [0.2, 0.25) is 0 Å². The minimum Gasteiger partial charge on any atom is -0.491 e. The Hall–Kier alpha value is -1.59. The van der Waals surface area contributed by atoms with E-state index < -0.39 is 11.5 Å². The van der Waals surface area contributed by atoms with Gasteiger partial charge in [0.15, 0.2) is 0 Å². The maximum atomic E-state index is 11.2. The highest BCUT2D eigenvalue weighted by Gasteiger charge is 2.33. The Morgan fingerprint density at radius 3 is 2.42 bits per heavy atom. The van der Waals surface area contributed by atoms with Crippen LogP contribution in [0.4, 0.5) is 0 Å². The lowest BCUT2D eigenvalue weighted by Gasteiger charge is -2.27. The first-order valence-corrected chi connectivity index (χ1v) is 6.20. The molecule has 0 saturated heterocycles. The van der Waals surface area contributed by atoms with Crippen LogP contribution in [0, 0.1) is 0 Å². The summed E-state index contributed by atoms with van der Waals surface area (Å²) < 4.78 is 5.68. The lowest BCUT2D eigenvalue weighted by molar-refractivity contribution is -0.145. The SMILES string of the molecule is CNC(C)(CC(C)Oc1ccc(CO)cc1)C(=O)O. The van der Waals surface area contributed by atoms with Gasteiger partial charge in [0.25, 0.3) is 0 Å². The van der Waals surface area contributed by atoms with Crippen LogP contribution < -0.4 is 10.1 Å². The van der Waals surface area contributed by atoms with E-state index >= 15 is 0 Å². The Kier molecular flexibility index (Phi) is 5.32. The molecular formula is C14H21NO4. The number of hydrogen-bond donors (Lipinski definition) is 3. The third-order valence-electron chi connectivity index (χ3n) is 3.16. The molecule has 0 aliphatic carbocycles. The third-order valence-corrected chi connectivity index (χ3v) is 3.16. The molecule has 1 aromatic rings. The van der Waals surface area contributed by atoms with Crippen molar-refractivity contribution in [2.45, 2.75) is 38.5 Å². The Labute approximate surface area is 113 Å². The first-order chi connectivity index (χ1) is 8.91. The van der Waals surface area contributed by atoms with Gasteiger partial charge in [-0.25, -0.2) is 0 Å². The average molecular weight is 267 g/mol. The monoisotopic (exact) mass is 267 g/mol. The molecule has 0 amide bonds. The fourth-order valence-electron chi connectivity index (χ4n) is 1.82. The standard InChI is InChI=1S/C14H21NO4/c1-10(8-14(2,15-3)13(17)18)19-12-6-4-11(9-16)5-7-12/h4-7,10,15-16H,8-9H2,1-3H3,(H,17,18). The minimum atomic E-state index is -1.01. The maximum Gasteiger partial charge on any atom is 0.323 e. The molecular weight excluding hydrogens is 246 g/mol. The summed E-state index contributed by atoms with van der Waals surface area (Å²) >= 11 is 0. The van der Waals surface area contributed by atoms with Crippen LogP contribution in [0.25, 0.3) is 0 Å². The highest BCUT2D eigenvalue weighted by atomic mass is 16.5. The van der Waals surface area contributed by atoms with Gasteiger partial charge in [0, 0.05) is 6.42 Å². The van der Waals surface area contributed by atoms with E-state index in [0.29, 0.717) is 12.2 Å². The summed E-state index contributed by atoms with van der Waals surface area (Å²) in [5, 5.41) is 20.9. The Morgan fingerprint density at radius 1 is 1.42 bits per heavy atom. The first kappa shape index (κ1) is 15.5. The molecule has 2 unspecified atom stereocenters. The smallest absolute Gasteiger partial charge is 0.323 e. The quantitative estimate of drug-likeness (QED) is 0.696. The van der Waals surface area contributed by atoms with Gasteiger partial charge in [0.1, 0.15) is 11.3 Å². The largest absolute Gasteiger partial charge is 0.491 e. The summed E-state index contributed by atoms with van der Waals surface area (Å²) in [4.78, 5) is 11.2. The number of carbonyl (C=O) groups is 1. The van der Waals surface area contributed by atoms with Crippen molar-refractivity contribution >= 4 is 5.97 Å². The molecule has 0 aliphatic rings. The van der Waals surface area contributed by atoms with Gasteiger partial charge in [-0.15, -0.1) is 0 Å². The van der Waals surface area contributed by atoms with Crippen molar-refractivity contribution < 1.29 is 19.7 Å². The number of carboxylic acids is 1. The molecule has 3 N–H and O–H groups in total. The number of hydrogen-bond acceptors (Lipinski definition) is 4. The summed E-state index contributed by atoms with van der Waals surface area (Å²) in [7, 11) is 1.62. The van der Waals surface area contributed by atoms with E-state index in [0.717, 1.165) is 5.56 Å². The Bertz CT molecular complexity index is 418. The van der Waals surface area contributed by atoms with Crippen molar-refractivity contribution in [2.24, 2.45) is 0 Å². The molecule has 0 aromatic heterocycles. The molecule has 0 spiro atoms. The van der Waals surface area contributed by atoms with E-state index in [1.165, 1.54) is 0 Å². The summed E-state index contributed by atoms with van der Waals surface area (Å²) in [5.41, 5.74) is -0.199. The zero-order valence-electron chi connectivity index (χ0n) is 11.5. The molecule has 0 aliphatic heterocycles. The van der Waals surface area contributed by atoms with Gasteiger partial charge in [0.05, 0.1) is 12.7 Å². The lowest BCUT2D eigenvalue weighted by Crippen LogP contribution is -2.50. The number of rotatable bonds is 7. The van der Waals surface area contributed by atoms with Crippen molar-refractivity contribution in [1.29, 1.82) is 0 Å². The molecule has 1 aromatic carbocycles. The van der Waals surface area contributed by atoms with Crippen molar-refractivity contribution in [3.8, 4) is 5.75 Å². The summed E-state index contributed by atoms with van der Waals surface area (Å²) in [6.07, 6.45) is 0.106. The molecule has 5 heteroatoms. The first-order valence-electron chi connectivity index (χ1n) is 6.20. The third kappa shape index (κ3) is 4.22. The molecule has 0 heterocycles. The lowest BCUT2D eigenvalue weighted by atomic mass is 9.95. The van der Waals surface area contributed by atoms with Gasteiger partial charge in [-0.1, -0.05) is 12.1 Å². The van der Waals surface area contributed by atoms with Gasteiger partial charge in [-0.05, 0) is 38.6 Å². The Morgan fingerprint density at radius 2 is 2.00 bits per heavy atom. The van der Waals surface area contributed by atoms with Crippen LogP contribution in [0.15, 0.2) is 24.3 Å². The molecule has 0 radical (unpaired) electrons. The van der Waals surface area contributed by atoms with Gasteiger partial charge in [-0.2, -0.15) is 0 Å². The van der Waals surface area contributed by atoms with Crippen LogP contribution in [0.3, 0.4) is 0 Å². The van der Waals surface area contributed by atoms with E-state index in [9.17, 15) is 4.79 Å². The van der Waals surface area contributed by atoms with Crippen molar-refractivity contribution in [2.75, 3.05) is 7.05 Å². The second kappa shape index (κ2) is 6.54. The van der Waals surface area contributed by atoms with E-state index in [1.807, 2.05) is 6.92 Å². The summed E-state index contributed by atoms with van der Waals surface area (Å²) in [6.45, 7) is 3.45. The van der Waals surface area contributed by atoms with E-state index in [1.54, 1.807) is 38.2 Å². The number of aliphatic carboxylic acids is 1. The zero-order valence-corrected chi connectivity index (χ0v) is 11.5. The molecule has 19 heavy (non-hydrogen) atoms. The molecule has 106 valence electrons. The van der Waals surface area contributed by atoms with Crippen molar-refractivity contribution in [1.82, 2.24) is 5.32 Å². The number of carboxylic acid groups (broad SMARTS) is 1. The van der Waals surface area contributed by atoms with Crippen LogP contribution in [0.1, 0.15) is 25.8 Å². The summed E-state index contributed by atoms with van der Waals surface area (Å²) in [6, 6.07) is 7.08. The maximum absolute atomic E-state index is 11.2. The normalized spacial score (nSPS) is 15.6. The topological polar surface area (TPSA) is 78.8 Å². The molecule has 0 fully saturated rings. The van der Waals surface area contributed by atoms with E-state index in [2.05, 4.69) is 5.32 Å².